The summed E-state index contributed by atoms with van der Waals surface area (Å²) in [4.78, 5) is 27.8. The monoisotopic (exact) mass is 312 g/mol. The molecule has 0 aliphatic heterocycles. The molecule has 0 saturated heterocycles. The lowest BCUT2D eigenvalue weighted by molar-refractivity contribution is -0.123. The number of nitrogens with two attached hydrogens (primary N) is 1. The van der Waals surface area contributed by atoms with Crippen LogP contribution in [0.25, 0.3) is 0 Å². The van der Waals surface area contributed by atoms with Gasteiger partial charge in [-0.2, -0.15) is 0 Å². The van der Waals surface area contributed by atoms with Crippen molar-refractivity contribution in [2.24, 2.45) is 11.1 Å². The standard InChI is InChI=1S/C14H24N4O2S/c1-9(15)5-6-16-11(19)7-10-8-21-13(17-10)18-12(20)14(2,3)4/h8-9H,5-7,15H2,1-4H3,(H,16,19)(H,17,18,20). The van der Waals surface area contributed by atoms with Crippen LogP contribution in [0.3, 0.4) is 0 Å². The Labute approximate surface area is 129 Å². The molecule has 4 N–H and O–H groups in total. The highest BCUT2D eigenvalue weighted by atomic mass is 32.1. The van der Waals surface area contributed by atoms with E-state index in [1.165, 1.54) is 11.3 Å². The van der Waals surface area contributed by atoms with Crippen molar-refractivity contribution in [3.05, 3.63) is 11.1 Å². The number of hydrogen-bond acceptors (Lipinski definition) is 5. The van der Waals surface area contributed by atoms with E-state index in [0.29, 0.717) is 17.4 Å². The summed E-state index contributed by atoms with van der Waals surface area (Å²) in [5, 5.41) is 7.85. The number of nitrogens with one attached hydrogen (secondary N) is 2. The first-order chi connectivity index (χ1) is 9.68. The lowest BCUT2D eigenvalue weighted by Crippen LogP contribution is -2.30. The normalized spacial score (nSPS) is 12.8. The van der Waals surface area contributed by atoms with Gasteiger partial charge >= 0.3 is 0 Å². The van der Waals surface area contributed by atoms with Crippen LogP contribution in [0.15, 0.2) is 5.38 Å². The number of aromatic nitrogens is 1. The van der Waals surface area contributed by atoms with Crippen molar-refractivity contribution in [3.8, 4) is 0 Å². The summed E-state index contributed by atoms with van der Waals surface area (Å²) >= 11 is 1.32. The molecule has 0 radical (unpaired) electrons. The second-order valence-corrected chi connectivity index (χ2v) is 7.00. The lowest BCUT2D eigenvalue weighted by atomic mass is 9.96. The summed E-state index contributed by atoms with van der Waals surface area (Å²) in [6.07, 6.45) is 0.955. The Morgan fingerprint density at radius 3 is 2.67 bits per heavy atom. The van der Waals surface area contributed by atoms with Crippen LogP contribution in [0.2, 0.25) is 0 Å². The third-order valence-corrected chi connectivity index (χ3v) is 3.52. The summed E-state index contributed by atoms with van der Waals surface area (Å²) in [6.45, 7) is 7.97. The molecule has 1 unspecified atom stereocenters. The first-order valence-electron chi connectivity index (χ1n) is 6.96. The number of hydrogen-bond donors (Lipinski definition) is 3. The van der Waals surface area contributed by atoms with Crippen molar-refractivity contribution < 1.29 is 9.59 Å². The molecule has 0 aliphatic carbocycles. The minimum atomic E-state index is -0.470. The number of nitrogens with zero attached hydrogens (tertiary/aromatic N) is 1. The van der Waals surface area contributed by atoms with Crippen molar-refractivity contribution in [1.29, 1.82) is 0 Å². The van der Waals surface area contributed by atoms with E-state index in [1.807, 2.05) is 27.7 Å². The predicted octanol–water partition coefficient (Wildman–Crippen LogP) is 1.52. The molecule has 1 aromatic rings. The molecule has 1 rings (SSSR count). The Balaban J connectivity index is 2.45. The number of thiazole rings is 1. The van der Waals surface area contributed by atoms with E-state index in [4.69, 9.17) is 5.73 Å². The molecular weight excluding hydrogens is 288 g/mol. The Morgan fingerprint density at radius 2 is 2.10 bits per heavy atom. The Kier molecular flexibility index (Phi) is 6.29. The van der Waals surface area contributed by atoms with Gasteiger partial charge in [-0.1, -0.05) is 20.8 Å². The van der Waals surface area contributed by atoms with Gasteiger partial charge in [-0.15, -0.1) is 11.3 Å². The van der Waals surface area contributed by atoms with E-state index in [0.717, 1.165) is 6.42 Å². The molecule has 0 aromatic carbocycles. The minimum Gasteiger partial charge on any atom is -0.356 e. The fraction of sp³-hybridized carbons (Fsp3) is 0.643. The van der Waals surface area contributed by atoms with Crippen LogP contribution in [-0.4, -0.2) is 29.4 Å². The van der Waals surface area contributed by atoms with Crippen molar-refractivity contribution in [2.45, 2.75) is 46.6 Å². The quantitative estimate of drug-likeness (QED) is 0.742. The summed E-state index contributed by atoms with van der Waals surface area (Å²) < 4.78 is 0. The van der Waals surface area contributed by atoms with Gasteiger partial charge in [0, 0.05) is 23.4 Å². The highest BCUT2D eigenvalue weighted by Crippen LogP contribution is 2.20. The smallest absolute Gasteiger partial charge is 0.231 e. The zero-order chi connectivity index (χ0) is 16.0. The molecule has 1 aromatic heterocycles. The summed E-state index contributed by atoms with van der Waals surface area (Å²) in [5.74, 6) is -0.181. The van der Waals surface area contributed by atoms with Crippen molar-refractivity contribution in [3.63, 3.8) is 0 Å². The van der Waals surface area contributed by atoms with Gasteiger partial charge in [0.15, 0.2) is 5.13 Å². The SMILES string of the molecule is CC(N)CCNC(=O)Cc1csc(NC(=O)C(C)(C)C)n1. The number of anilines is 1. The molecular formula is C14H24N4O2S. The van der Waals surface area contributed by atoms with Gasteiger partial charge in [0.2, 0.25) is 11.8 Å². The topological polar surface area (TPSA) is 97.1 Å². The van der Waals surface area contributed by atoms with E-state index < -0.39 is 5.41 Å². The van der Waals surface area contributed by atoms with Crippen LogP contribution in [0.4, 0.5) is 5.13 Å². The molecule has 118 valence electrons. The third-order valence-electron chi connectivity index (χ3n) is 2.72. The fourth-order valence-corrected chi connectivity index (χ4v) is 2.10. The van der Waals surface area contributed by atoms with Crippen molar-refractivity contribution >= 4 is 28.3 Å². The first-order valence-corrected chi connectivity index (χ1v) is 7.84. The minimum absolute atomic E-state index is 0.0729. The van der Waals surface area contributed by atoms with Crippen molar-refractivity contribution in [2.75, 3.05) is 11.9 Å². The van der Waals surface area contributed by atoms with E-state index in [1.54, 1.807) is 5.38 Å². The van der Waals surface area contributed by atoms with Gasteiger partial charge in [-0.3, -0.25) is 9.59 Å². The zero-order valence-electron chi connectivity index (χ0n) is 13.0. The van der Waals surface area contributed by atoms with Crippen LogP contribution in [-0.2, 0) is 16.0 Å². The molecule has 0 aliphatic rings. The third kappa shape index (κ3) is 6.68. The Hall–Kier alpha value is -1.47. The largest absolute Gasteiger partial charge is 0.356 e. The highest BCUT2D eigenvalue weighted by Gasteiger charge is 2.22. The van der Waals surface area contributed by atoms with E-state index in [2.05, 4.69) is 15.6 Å². The second kappa shape index (κ2) is 7.51. The van der Waals surface area contributed by atoms with Gasteiger partial charge in [-0.05, 0) is 13.3 Å². The van der Waals surface area contributed by atoms with E-state index in [-0.39, 0.29) is 24.3 Å². The van der Waals surface area contributed by atoms with Gasteiger partial charge in [-0.25, -0.2) is 4.98 Å². The van der Waals surface area contributed by atoms with Crippen LogP contribution < -0.4 is 16.4 Å². The molecule has 1 heterocycles. The van der Waals surface area contributed by atoms with Crippen LogP contribution >= 0.6 is 11.3 Å². The molecule has 0 bridgehead atoms. The van der Waals surface area contributed by atoms with E-state index >= 15 is 0 Å². The number of carbonyl (C=O) groups is 2. The van der Waals surface area contributed by atoms with Gasteiger partial charge in [0.1, 0.15) is 0 Å². The summed E-state index contributed by atoms with van der Waals surface area (Å²) in [5.41, 5.74) is 5.80. The lowest BCUT2D eigenvalue weighted by Gasteiger charge is -2.15. The number of amides is 2. The molecule has 2 amide bonds. The maximum Gasteiger partial charge on any atom is 0.231 e. The highest BCUT2D eigenvalue weighted by molar-refractivity contribution is 7.13. The maximum atomic E-state index is 11.8. The molecule has 0 fully saturated rings. The first kappa shape index (κ1) is 17.6. The van der Waals surface area contributed by atoms with Gasteiger partial charge < -0.3 is 16.4 Å². The fourth-order valence-electron chi connectivity index (χ4n) is 1.40. The molecule has 21 heavy (non-hydrogen) atoms. The second-order valence-electron chi connectivity index (χ2n) is 6.14. The van der Waals surface area contributed by atoms with Crippen LogP contribution in [0, 0.1) is 5.41 Å². The molecule has 0 saturated carbocycles. The molecule has 6 nitrogen and oxygen atoms in total. The van der Waals surface area contributed by atoms with Gasteiger partial charge in [0.25, 0.3) is 0 Å². The van der Waals surface area contributed by atoms with E-state index in [9.17, 15) is 9.59 Å². The number of rotatable bonds is 6. The zero-order valence-corrected chi connectivity index (χ0v) is 13.8. The summed E-state index contributed by atoms with van der Waals surface area (Å²) in [7, 11) is 0. The average Bonchev–Trinajstić information content (AvgIpc) is 2.74. The number of carbonyl (C=O) groups excluding carboxylic acids is 2. The summed E-state index contributed by atoms with van der Waals surface area (Å²) in [6, 6.07) is 0.0729. The van der Waals surface area contributed by atoms with Crippen LogP contribution in [0.5, 0.6) is 0 Å². The van der Waals surface area contributed by atoms with Gasteiger partial charge in [0.05, 0.1) is 12.1 Å². The maximum absolute atomic E-state index is 11.8. The average molecular weight is 312 g/mol. The van der Waals surface area contributed by atoms with Crippen molar-refractivity contribution in [1.82, 2.24) is 10.3 Å². The molecule has 0 spiro atoms. The predicted molar refractivity (Wildman–Crippen MR) is 85.2 cm³/mol. The molecule has 1 atom stereocenters. The Morgan fingerprint density at radius 1 is 1.43 bits per heavy atom. The van der Waals surface area contributed by atoms with Crippen LogP contribution in [0.1, 0.15) is 39.8 Å². The Bertz CT molecular complexity index is 491. The molecule has 7 heteroatoms.